The Hall–Kier alpha value is -2.35. The van der Waals surface area contributed by atoms with Gasteiger partial charge in [0.1, 0.15) is 5.82 Å². The molecule has 3 aromatic rings. The first-order valence-corrected chi connectivity index (χ1v) is 15.0. The van der Waals surface area contributed by atoms with Crippen molar-refractivity contribution in [3.8, 4) is 0 Å². The molecule has 0 spiro atoms. The van der Waals surface area contributed by atoms with E-state index in [2.05, 4.69) is 78.4 Å². The minimum atomic E-state index is 0.929. The predicted molar refractivity (Wildman–Crippen MR) is 156 cm³/mol. The molecule has 0 aliphatic heterocycles. The standard InChI is InChI=1S/C34H50N2/c1-2-3-4-5-6-7-8-9-10-11-12-13-20-28-36-30-33(27-21-26-31-22-16-14-17-23-31)35-34(36)29-32-24-18-15-19-25-32/h14-19,22-25,30H,2-13,20-21,26-29H2,1H3. The largest absolute Gasteiger partial charge is 0.334 e. The predicted octanol–water partition coefficient (Wildman–Crippen LogP) is 9.74. The Kier molecular flexibility index (Phi) is 14.1. The molecule has 0 aliphatic carbocycles. The summed E-state index contributed by atoms with van der Waals surface area (Å²) < 4.78 is 2.45. The maximum Gasteiger partial charge on any atom is 0.113 e. The van der Waals surface area contributed by atoms with Crippen LogP contribution in [0.2, 0.25) is 0 Å². The third-order valence-electron chi connectivity index (χ3n) is 7.36. The molecule has 0 radical (unpaired) electrons. The van der Waals surface area contributed by atoms with E-state index in [1.807, 2.05) is 0 Å². The topological polar surface area (TPSA) is 17.8 Å². The summed E-state index contributed by atoms with van der Waals surface area (Å²) in [7, 11) is 0. The van der Waals surface area contributed by atoms with Crippen molar-refractivity contribution in [1.29, 1.82) is 0 Å². The van der Waals surface area contributed by atoms with Gasteiger partial charge >= 0.3 is 0 Å². The van der Waals surface area contributed by atoms with Crippen LogP contribution in [0.3, 0.4) is 0 Å². The van der Waals surface area contributed by atoms with Gasteiger partial charge < -0.3 is 4.57 Å². The second-order valence-electron chi connectivity index (χ2n) is 10.6. The number of hydrogen-bond donors (Lipinski definition) is 0. The first-order valence-electron chi connectivity index (χ1n) is 15.0. The van der Waals surface area contributed by atoms with E-state index in [1.165, 1.54) is 106 Å². The van der Waals surface area contributed by atoms with Gasteiger partial charge in [-0.25, -0.2) is 4.98 Å². The van der Waals surface area contributed by atoms with E-state index < -0.39 is 0 Å². The van der Waals surface area contributed by atoms with Crippen molar-refractivity contribution in [3.05, 3.63) is 89.5 Å². The van der Waals surface area contributed by atoms with Gasteiger partial charge in [0.2, 0.25) is 0 Å². The maximum atomic E-state index is 5.08. The highest BCUT2D eigenvalue weighted by atomic mass is 15.1. The smallest absolute Gasteiger partial charge is 0.113 e. The van der Waals surface area contributed by atoms with E-state index in [0.29, 0.717) is 0 Å². The van der Waals surface area contributed by atoms with Crippen molar-refractivity contribution in [2.75, 3.05) is 0 Å². The van der Waals surface area contributed by atoms with Crippen molar-refractivity contribution in [2.24, 2.45) is 0 Å². The molecule has 2 aromatic carbocycles. The van der Waals surface area contributed by atoms with Gasteiger partial charge in [-0.2, -0.15) is 0 Å². The molecule has 0 aliphatic rings. The molecule has 0 saturated carbocycles. The molecule has 0 N–H and O–H groups in total. The Morgan fingerprint density at radius 1 is 0.556 bits per heavy atom. The second kappa shape index (κ2) is 18.0. The average Bonchev–Trinajstić information content (AvgIpc) is 3.29. The summed E-state index contributed by atoms with van der Waals surface area (Å²) in [5, 5.41) is 0. The maximum absolute atomic E-state index is 5.08. The molecule has 0 unspecified atom stereocenters. The van der Waals surface area contributed by atoms with E-state index in [4.69, 9.17) is 4.98 Å². The van der Waals surface area contributed by atoms with Crippen LogP contribution in [0, 0.1) is 0 Å². The van der Waals surface area contributed by atoms with Crippen molar-refractivity contribution in [1.82, 2.24) is 9.55 Å². The van der Waals surface area contributed by atoms with Crippen LogP contribution in [-0.4, -0.2) is 9.55 Å². The molecule has 1 heterocycles. The summed E-state index contributed by atoms with van der Waals surface area (Å²) in [6.45, 7) is 3.40. The number of aromatic nitrogens is 2. The lowest BCUT2D eigenvalue weighted by atomic mass is 10.0. The SMILES string of the molecule is CCCCCCCCCCCCCCCn1cc(CCCc2ccccc2)nc1Cc1ccccc1. The van der Waals surface area contributed by atoms with Crippen LogP contribution in [0.4, 0.5) is 0 Å². The summed E-state index contributed by atoms with van der Waals surface area (Å²) in [5.74, 6) is 1.23. The first kappa shape index (κ1) is 28.2. The van der Waals surface area contributed by atoms with Crippen LogP contribution < -0.4 is 0 Å². The van der Waals surface area contributed by atoms with Crippen LogP contribution in [0.1, 0.15) is 119 Å². The molecular formula is C34H50N2. The lowest BCUT2D eigenvalue weighted by Crippen LogP contribution is -2.04. The highest BCUT2D eigenvalue weighted by Gasteiger charge is 2.09. The molecule has 0 bridgehead atoms. The van der Waals surface area contributed by atoms with E-state index in [1.54, 1.807) is 0 Å². The second-order valence-corrected chi connectivity index (χ2v) is 10.6. The van der Waals surface area contributed by atoms with Crippen LogP contribution in [0.5, 0.6) is 0 Å². The summed E-state index contributed by atoms with van der Waals surface area (Å²) in [6.07, 6.45) is 24.8. The number of benzene rings is 2. The summed E-state index contributed by atoms with van der Waals surface area (Å²) in [4.78, 5) is 5.08. The number of unbranched alkanes of at least 4 members (excludes halogenated alkanes) is 12. The van der Waals surface area contributed by atoms with Gasteiger partial charge in [-0.05, 0) is 36.8 Å². The fraction of sp³-hybridized carbons (Fsp3) is 0.559. The fourth-order valence-electron chi connectivity index (χ4n) is 5.17. The molecular weight excluding hydrogens is 436 g/mol. The average molecular weight is 487 g/mol. The molecule has 196 valence electrons. The quantitative estimate of drug-likeness (QED) is 0.145. The van der Waals surface area contributed by atoms with Crippen LogP contribution >= 0.6 is 0 Å². The number of rotatable bonds is 20. The lowest BCUT2D eigenvalue weighted by Gasteiger charge is -2.08. The van der Waals surface area contributed by atoms with Crippen molar-refractivity contribution >= 4 is 0 Å². The summed E-state index contributed by atoms with van der Waals surface area (Å²) >= 11 is 0. The third-order valence-corrected chi connectivity index (χ3v) is 7.36. The Labute approximate surface area is 221 Å². The van der Waals surface area contributed by atoms with E-state index in [0.717, 1.165) is 32.2 Å². The van der Waals surface area contributed by atoms with Crippen LogP contribution in [-0.2, 0) is 25.8 Å². The lowest BCUT2D eigenvalue weighted by molar-refractivity contribution is 0.522. The van der Waals surface area contributed by atoms with Crippen molar-refractivity contribution in [3.63, 3.8) is 0 Å². The zero-order valence-electron chi connectivity index (χ0n) is 23.0. The normalized spacial score (nSPS) is 11.2. The van der Waals surface area contributed by atoms with E-state index in [-0.39, 0.29) is 0 Å². The number of hydrogen-bond acceptors (Lipinski definition) is 1. The zero-order chi connectivity index (χ0) is 25.1. The molecule has 0 fully saturated rings. The number of nitrogens with zero attached hydrogens (tertiary/aromatic N) is 2. The zero-order valence-corrected chi connectivity index (χ0v) is 23.0. The van der Waals surface area contributed by atoms with Crippen LogP contribution in [0.15, 0.2) is 66.9 Å². The van der Waals surface area contributed by atoms with Gasteiger partial charge in [0.25, 0.3) is 0 Å². The summed E-state index contributed by atoms with van der Waals surface area (Å²) in [5.41, 5.74) is 4.03. The highest BCUT2D eigenvalue weighted by Crippen LogP contribution is 2.16. The minimum absolute atomic E-state index is 0.929. The van der Waals surface area contributed by atoms with Gasteiger partial charge in [0.05, 0.1) is 5.69 Å². The highest BCUT2D eigenvalue weighted by molar-refractivity contribution is 5.21. The number of aryl methyl sites for hydroxylation is 3. The Morgan fingerprint density at radius 2 is 1.08 bits per heavy atom. The Balaban J connectivity index is 1.36. The molecule has 0 atom stereocenters. The van der Waals surface area contributed by atoms with Gasteiger partial charge in [-0.1, -0.05) is 145 Å². The van der Waals surface area contributed by atoms with E-state index >= 15 is 0 Å². The molecule has 36 heavy (non-hydrogen) atoms. The first-order chi connectivity index (χ1) is 17.8. The fourth-order valence-corrected chi connectivity index (χ4v) is 5.17. The van der Waals surface area contributed by atoms with Gasteiger partial charge in [0, 0.05) is 19.2 Å². The van der Waals surface area contributed by atoms with Crippen LogP contribution in [0.25, 0.3) is 0 Å². The molecule has 0 saturated heterocycles. The number of imidazole rings is 1. The van der Waals surface area contributed by atoms with E-state index in [9.17, 15) is 0 Å². The third kappa shape index (κ3) is 11.6. The molecule has 1 aromatic heterocycles. The van der Waals surface area contributed by atoms with Gasteiger partial charge in [0.15, 0.2) is 0 Å². The molecule has 2 nitrogen and oxygen atoms in total. The minimum Gasteiger partial charge on any atom is -0.334 e. The van der Waals surface area contributed by atoms with Gasteiger partial charge in [-0.3, -0.25) is 0 Å². The van der Waals surface area contributed by atoms with Crippen molar-refractivity contribution in [2.45, 2.75) is 123 Å². The Morgan fingerprint density at radius 3 is 1.67 bits per heavy atom. The van der Waals surface area contributed by atoms with Gasteiger partial charge in [-0.15, -0.1) is 0 Å². The van der Waals surface area contributed by atoms with Crippen molar-refractivity contribution < 1.29 is 0 Å². The summed E-state index contributed by atoms with van der Waals surface area (Å²) in [6, 6.07) is 21.6. The molecule has 0 amide bonds. The molecule has 2 heteroatoms. The Bertz CT molecular complexity index is 913. The molecule has 3 rings (SSSR count). The monoisotopic (exact) mass is 486 g/mol.